The molecule has 5 fully saturated rings. The van der Waals surface area contributed by atoms with Gasteiger partial charge in [-0.3, -0.25) is 4.79 Å². The summed E-state index contributed by atoms with van der Waals surface area (Å²) in [6.45, 7) is 3.43. The van der Waals surface area contributed by atoms with Crippen molar-refractivity contribution in [1.82, 2.24) is 9.80 Å². The second-order valence-electron chi connectivity index (χ2n) is 14.9. The van der Waals surface area contributed by atoms with Crippen LogP contribution in [0.4, 0.5) is 0 Å². The van der Waals surface area contributed by atoms with E-state index in [2.05, 4.69) is 0 Å². The molecule has 5 aliphatic rings. The lowest BCUT2D eigenvalue weighted by Crippen LogP contribution is -2.67. The molecule has 0 aromatic rings. The van der Waals surface area contributed by atoms with Gasteiger partial charge in [0.15, 0.2) is 31.1 Å². The van der Waals surface area contributed by atoms with Gasteiger partial charge < -0.3 is 104 Å². The van der Waals surface area contributed by atoms with Crippen LogP contribution in [-0.2, 0) is 42.7 Å². The molecule has 0 radical (unpaired) electrons. The molecule has 0 aromatic heterocycles. The highest BCUT2D eigenvalue weighted by Gasteiger charge is 2.55. The van der Waals surface area contributed by atoms with E-state index >= 15 is 0 Å². The van der Waals surface area contributed by atoms with Gasteiger partial charge in [0.1, 0.15) is 85.5 Å². The summed E-state index contributed by atoms with van der Waals surface area (Å²) in [6.07, 6.45) is -35.9. The Kier molecular flexibility index (Phi) is 14.8. The first kappa shape index (κ1) is 44.3. The van der Waals surface area contributed by atoms with Gasteiger partial charge in [0.2, 0.25) is 0 Å². The number of hydrogen-bond donors (Lipinski definition) is 12. The van der Waals surface area contributed by atoms with E-state index in [1.54, 1.807) is 13.8 Å². The van der Waals surface area contributed by atoms with Crippen molar-refractivity contribution in [2.75, 3.05) is 46.4 Å². The third-order valence-electron chi connectivity index (χ3n) is 10.6. The van der Waals surface area contributed by atoms with Gasteiger partial charge >= 0.3 is 5.97 Å². The Balaban J connectivity index is 1.28. The van der Waals surface area contributed by atoms with Crippen LogP contribution in [0.15, 0.2) is 0 Å². The van der Waals surface area contributed by atoms with Crippen molar-refractivity contribution in [1.29, 1.82) is 0 Å². The minimum absolute atomic E-state index is 0.290. The van der Waals surface area contributed by atoms with Gasteiger partial charge in [-0.1, -0.05) is 13.8 Å². The van der Waals surface area contributed by atoms with Crippen molar-refractivity contribution in [3.05, 3.63) is 0 Å². The van der Waals surface area contributed by atoms with Gasteiger partial charge in [-0.15, -0.1) is 0 Å². The number of piperazine rings is 1. The fourth-order valence-electron chi connectivity index (χ4n) is 7.20. The molecule has 0 aromatic carbocycles. The number of carboxylic acids is 1. The van der Waals surface area contributed by atoms with Gasteiger partial charge in [0, 0.05) is 26.2 Å². The zero-order valence-electron chi connectivity index (χ0n) is 30.3. The molecule has 5 saturated heterocycles. The maximum Gasteiger partial charge on any atom is 0.335 e. The number of carboxylic acid groups (broad SMARTS) is 1. The van der Waals surface area contributed by atoms with Crippen molar-refractivity contribution in [2.45, 2.75) is 136 Å². The van der Waals surface area contributed by atoms with Crippen LogP contribution < -0.4 is 0 Å². The third-order valence-corrected chi connectivity index (χ3v) is 10.6. The average Bonchev–Trinajstić information content (AvgIpc) is 3.14. The second-order valence-corrected chi connectivity index (χ2v) is 14.9. The van der Waals surface area contributed by atoms with Crippen molar-refractivity contribution in [3.8, 4) is 0 Å². The Labute approximate surface area is 314 Å². The first-order valence-corrected chi connectivity index (χ1v) is 18.0. The fourth-order valence-corrected chi connectivity index (χ4v) is 7.20. The molecule has 23 nitrogen and oxygen atoms in total. The summed E-state index contributed by atoms with van der Waals surface area (Å²) in [5.41, 5.74) is 0. The number of likely N-dealkylation sites (N-methyl/N-ethyl adjacent to an activating group) is 1. The highest BCUT2D eigenvalue weighted by molar-refractivity contribution is 5.82. The SMILES string of the molecule is CC(C)C1OC(COC2OC(CO)C(O)C(OC3OC(C(=O)N4CCN(C)CC4)C(O)C(O)C3O)C2O)C(O)C(OC2OC(C(=O)O)C(O)C(O)C2O)C1O. The number of rotatable bonds is 11. The molecular weight excluding hydrogens is 748 g/mol. The molecule has 0 aliphatic carbocycles. The van der Waals surface area contributed by atoms with Crippen molar-refractivity contribution >= 4 is 11.9 Å². The number of ether oxygens (including phenoxy) is 7. The third kappa shape index (κ3) is 9.25. The Bertz CT molecular complexity index is 1280. The molecular formula is C32H54N2O21. The first-order valence-electron chi connectivity index (χ1n) is 18.0. The van der Waals surface area contributed by atoms with Crippen molar-refractivity contribution in [2.24, 2.45) is 5.92 Å². The molecule has 5 rings (SSSR count). The number of aliphatic carboxylic acids is 1. The van der Waals surface area contributed by atoms with Crippen molar-refractivity contribution in [3.63, 3.8) is 0 Å². The molecule has 1 amide bonds. The minimum Gasteiger partial charge on any atom is -0.479 e. The zero-order chi connectivity index (χ0) is 40.6. The maximum atomic E-state index is 13.3. The molecule has 5 aliphatic heterocycles. The molecule has 23 heteroatoms. The van der Waals surface area contributed by atoms with E-state index < -0.39 is 154 Å². The lowest BCUT2D eigenvalue weighted by molar-refractivity contribution is -0.362. The fraction of sp³-hybridized carbons (Fsp3) is 0.938. The molecule has 0 spiro atoms. The molecule has 0 saturated carbocycles. The molecule has 5 heterocycles. The smallest absolute Gasteiger partial charge is 0.335 e. The number of amides is 1. The Morgan fingerprint density at radius 3 is 1.65 bits per heavy atom. The van der Waals surface area contributed by atoms with E-state index in [0.717, 1.165) is 0 Å². The Morgan fingerprint density at radius 1 is 0.618 bits per heavy atom. The van der Waals surface area contributed by atoms with Crippen LogP contribution in [-0.4, -0.2) is 252 Å². The van der Waals surface area contributed by atoms with E-state index in [1.807, 2.05) is 11.9 Å². The van der Waals surface area contributed by atoms with Crippen LogP contribution in [0.1, 0.15) is 13.8 Å². The van der Waals surface area contributed by atoms with E-state index in [9.17, 15) is 70.9 Å². The predicted octanol–water partition coefficient (Wildman–Crippen LogP) is -8.17. The van der Waals surface area contributed by atoms with E-state index in [4.69, 9.17) is 33.2 Å². The summed E-state index contributed by atoms with van der Waals surface area (Å²) in [5, 5.41) is 127. The van der Waals surface area contributed by atoms with Gasteiger partial charge in [-0.2, -0.15) is 0 Å². The lowest BCUT2D eigenvalue weighted by atomic mass is 9.89. The average molecular weight is 803 g/mol. The summed E-state index contributed by atoms with van der Waals surface area (Å²) in [5.74, 6) is -2.84. The Morgan fingerprint density at radius 2 is 1.13 bits per heavy atom. The monoisotopic (exact) mass is 802 g/mol. The van der Waals surface area contributed by atoms with Crippen LogP contribution in [0.25, 0.3) is 0 Å². The number of carbonyl (C=O) groups excluding carboxylic acids is 1. The van der Waals surface area contributed by atoms with E-state index in [-0.39, 0.29) is 0 Å². The van der Waals surface area contributed by atoms with Crippen LogP contribution >= 0.6 is 0 Å². The maximum absolute atomic E-state index is 13.3. The highest BCUT2D eigenvalue weighted by atomic mass is 16.7. The highest BCUT2D eigenvalue weighted by Crippen LogP contribution is 2.34. The summed E-state index contributed by atoms with van der Waals surface area (Å²) in [4.78, 5) is 28.3. The molecule has 20 unspecified atom stereocenters. The van der Waals surface area contributed by atoms with Gasteiger partial charge in [0.25, 0.3) is 5.91 Å². The molecule has 55 heavy (non-hydrogen) atoms. The summed E-state index contributed by atoms with van der Waals surface area (Å²) in [7, 11) is 1.86. The van der Waals surface area contributed by atoms with Crippen LogP contribution in [0.2, 0.25) is 0 Å². The number of aliphatic hydroxyl groups is 11. The van der Waals surface area contributed by atoms with Gasteiger partial charge in [-0.25, -0.2) is 4.79 Å². The number of nitrogens with zero attached hydrogens (tertiary/aromatic N) is 2. The van der Waals surface area contributed by atoms with Crippen LogP contribution in [0.3, 0.4) is 0 Å². The van der Waals surface area contributed by atoms with Crippen LogP contribution in [0.5, 0.6) is 0 Å². The normalized spacial score (nSPS) is 47.5. The Hall–Kier alpha value is -1.82. The topological polar surface area (TPSA) is 348 Å². The number of carbonyl (C=O) groups is 2. The van der Waals surface area contributed by atoms with E-state index in [1.165, 1.54) is 4.90 Å². The largest absolute Gasteiger partial charge is 0.479 e. The van der Waals surface area contributed by atoms with Gasteiger partial charge in [0.05, 0.1) is 19.3 Å². The predicted molar refractivity (Wildman–Crippen MR) is 174 cm³/mol. The number of hydrogen-bond acceptors (Lipinski definition) is 21. The summed E-state index contributed by atoms with van der Waals surface area (Å²) >= 11 is 0. The summed E-state index contributed by atoms with van der Waals surface area (Å²) in [6, 6.07) is 0. The summed E-state index contributed by atoms with van der Waals surface area (Å²) < 4.78 is 39.3. The standard InChI is InChI=1S/C32H54N2O21/c1-10(2)23-21(44)24(52-32-20(43)16(39)18(41)27(55-32)29(47)48)14(37)12(50-23)9-49-30-22(45)25(13(36)11(8-35)51-30)53-31-19(42)15(38)17(40)26(54-31)28(46)34-6-4-33(3)5-7-34/h10-27,30-32,35-45H,4-9H2,1-3H3,(H,47,48). The van der Waals surface area contributed by atoms with Crippen molar-refractivity contribution < 1.29 is 104 Å². The number of aliphatic hydroxyl groups excluding tert-OH is 11. The first-order chi connectivity index (χ1) is 25.9. The molecule has 0 bridgehead atoms. The lowest BCUT2D eigenvalue weighted by Gasteiger charge is -2.48. The zero-order valence-corrected chi connectivity index (χ0v) is 30.3. The second kappa shape index (κ2) is 18.4. The molecule has 12 N–H and O–H groups in total. The van der Waals surface area contributed by atoms with Crippen LogP contribution in [0, 0.1) is 5.92 Å². The minimum atomic E-state index is -2.04. The quantitative estimate of drug-likeness (QED) is 0.0923. The van der Waals surface area contributed by atoms with E-state index in [0.29, 0.717) is 26.2 Å². The molecule has 318 valence electrons. The molecule has 20 atom stereocenters. The van der Waals surface area contributed by atoms with Gasteiger partial charge in [-0.05, 0) is 13.0 Å².